The van der Waals surface area contributed by atoms with Gasteiger partial charge in [-0.25, -0.2) is 9.37 Å². The highest BCUT2D eigenvalue weighted by Gasteiger charge is 2.21. The zero-order chi connectivity index (χ0) is 14.7. The summed E-state index contributed by atoms with van der Waals surface area (Å²) in [6, 6.07) is 6.32. The maximum absolute atomic E-state index is 13.2. The van der Waals surface area contributed by atoms with E-state index < -0.39 is 0 Å². The molecular weight excluding hydrogens is 287 g/mol. The quantitative estimate of drug-likeness (QED) is 0.909. The fourth-order valence-electron chi connectivity index (χ4n) is 2.68. The van der Waals surface area contributed by atoms with Crippen molar-refractivity contribution in [2.75, 3.05) is 5.32 Å². The van der Waals surface area contributed by atoms with Gasteiger partial charge in [-0.05, 0) is 25.0 Å². The van der Waals surface area contributed by atoms with Crippen molar-refractivity contribution in [3.63, 3.8) is 0 Å². The van der Waals surface area contributed by atoms with E-state index in [0.29, 0.717) is 10.8 Å². The molecule has 0 saturated heterocycles. The maximum atomic E-state index is 13.2. The molecule has 1 aromatic carbocycles. The first-order chi connectivity index (χ1) is 10.2. The second-order valence-electron chi connectivity index (χ2n) is 5.37. The summed E-state index contributed by atoms with van der Waals surface area (Å²) in [5.74, 6) is -0.108. The third-order valence-electron chi connectivity index (χ3n) is 3.83. The predicted molar refractivity (Wildman–Crippen MR) is 82.7 cm³/mol. The van der Waals surface area contributed by atoms with E-state index in [-0.39, 0.29) is 17.6 Å². The third-order valence-corrected chi connectivity index (χ3v) is 4.59. The topological polar surface area (TPSA) is 42.0 Å². The summed E-state index contributed by atoms with van der Waals surface area (Å²) in [5.41, 5.74) is 1.42. The number of thiazole rings is 1. The van der Waals surface area contributed by atoms with E-state index in [1.54, 1.807) is 6.07 Å². The second-order valence-corrected chi connectivity index (χ2v) is 6.23. The molecule has 1 aromatic heterocycles. The highest BCUT2D eigenvalue weighted by Crippen LogP contribution is 2.28. The highest BCUT2D eigenvalue weighted by molar-refractivity contribution is 7.14. The lowest BCUT2D eigenvalue weighted by molar-refractivity contribution is -0.120. The van der Waals surface area contributed by atoms with Gasteiger partial charge in [-0.1, -0.05) is 31.4 Å². The Morgan fingerprint density at radius 1 is 1.29 bits per heavy atom. The van der Waals surface area contributed by atoms with Crippen LogP contribution in [0.25, 0.3) is 11.3 Å². The van der Waals surface area contributed by atoms with E-state index in [2.05, 4.69) is 10.3 Å². The summed E-state index contributed by atoms with van der Waals surface area (Å²) in [4.78, 5) is 16.5. The van der Waals surface area contributed by atoms with Crippen LogP contribution in [0.4, 0.5) is 9.52 Å². The number of carbonyl (C=O) groups excluding carboxylic acids is 1. The first-order valence-electron chi connectivity index (χ1n) is 7.25. The maximum Gasteiger partial charge on any atom is 0.229 e. The summed E-state index contributed by atoms with van der Waals surface area (Å²) in [6.07, 6.45) is 5.42. The van der Waals surface area contributed by atoms with E-state index in [1.807, 2.05) is 11.4 Å². The lowest BCUT2D eigenvalue weighted by Crippen LogP contribution is -2.24. The molecule has 0 spiro atoms. The van der Waals surface area contributed by atoms with Gasteiger partial charge in [0.2, 0.25) is 5.91 Å². The number of benzene rings is 1. The Balaban J connectivity index is 1.69. The zero-order valence-electron chi connectivity index (χ0n) is 11.6. The van der Waals surface area contributed by atoms with E-state index in [4.69, 9.17) is 0 Å². The highest BCUT2D eigenvalue weighted by atomic mass is 32.1. The average Bonchev–Trinajstić information content (AvgIpc) is 2.97. The Hall–Kier alpha value is -1.75. The van der Waals surface area contributed by atoms with Crippen LogP contribution in [-0.4, -0.2) is 10.9 Å². The van der Waals surface area contributed by atoms with Crippen LogP contribution < -0.4 is 5.32 Å². The minimum Gasteiger partial charge on any atom is -0.302 e. The number of hydrogen-bond acceptors (Lipinski definition) is 3. The van der Waals surface area contributed by atoms with Crippen molar-refractivity contribution in [3.05, 3.63) is 35.5 Å². The van der Waals surface area contributed by atoms with E-state index in [1.165, 1.54) is 29.9 Å². The molecule has 2 aromatic rings. The summed E-state index contributed by atoms with van der Waals surface area (Å²) >= 11 is 1.38. The normalized spacial score (nSPS) is 15.9. The first-order valence-corrected chi connectivity index (χ1v) is 8.13. The van der Waals surface area contributed by atoms with Gasteiger partial charge in [0, 0.05) is 16.9 Å². The SMILES string of the molecule is O=C(Nc1nc(-c2cccc(F)c2)cs1)C1CCCCC1. The molecule has 1 saturated carbocycles. The molecule has 21 heavy (non-hydrogen) atoms. The van der Waals surface area contributed by atoms with Crippen molar-refractivity contribution >= 4 is 22.4 Å². The largest absolute Gasteiger partial charge is 0.302 e. The molecule has 1 amide bonds. The van der Waals surface area contributed by atoms with Crippen LogP contribution in [-0.2, 0) is 4.79 Å². The van der Waals surface area contributed by atoms with Crippen LogP contribution in [0.1, 0.15) is 32.1 Å². The first kappa shape index (κ1) is 14.2. The molecule has 0 unspecified atom stereocenters. The fraction of sp³-hybridized carbons (Fsp3) is 0.375. The van der Waals surface area contributed by atoms with Gasteiger partial charge < -0.3 is 5.32 Å². The predicted octanol–water partition coefficient (Wildman–Crippen LogP) is 4.47. The standard InChI is InChI=1S/C16H17FN2OS/c17-13-8-4-7-12(9-13)14-10-21-16(18-14)19-15(20)11-5-2-1-3-6-11/h4,7-11H,1-3,5-6H2,(H,18,19,20). The van der Waals surface area contributed by atoms with Gasteiger partial charge in [-0.3, -0.25) is 4.79 Å². The molecule has 0 aliphatic heterocycles. The number of rotatable bonds is 3. The number of nitrogens with one attached hydrogen (secondary N) is 1. The number of nitrogens with zero attached hydrogens (tertiary/aromatic N) is 1. The molecule has 5 heteroatoms. The van der Waals surface area contributed by atoms with Crippen molar-refractivity contribution in [1.82, 2.24) is 4.98 Å². The average molecular weight is 304 g/mol. The molecule has 1 N–H and O–H groups in total. The summed E-state index contributed by atoms with van der Waals surface area (Å²) in [6.45, 7) is 0. The molecule has 1 aliphatic carbocycles. The number of hydrogen-bond donors (Lipinski definition) is 1. The number of amides is 1. The van der Waals surface area contributed by atoms with Gasteiger partial charge in [0.05, 0.1) is 5.69 Å². The minimum absolute atomic E-state index is 0.0647. The molecule has 1 aliphatic rings. The van der Waals surface area contributed by atoms with Crippen LogP contribution in [0.3, 0.4) is 0 Å². The third kappa shape index (κ3) is 3.47. The molecule has 110 valence electrons. The van der Waals surface area contributed by atoms with Crippen molar-refractivity contribution in [2.45, 2.75) is 32.1 Å². The molecule has 3 nitrogen and oxygen atoms in total. The zero-order valence-corrected chi connectivity index (χ0v) is 12.5. The number of anilines is 1. The van der Waals surface area contributed by atoms with Gasteiger partial charge in [0.15, 0.2) is 5.13 Å². The Labute approximate surface area is 127 Å². The second kappa shape index (κ2) is 6.35. The number of halogens is 1. The fourth-order valence-corrected chi connectivity index (χ4v) is 3.41. The monoisotopic (exact) mass is 304 g/mol. The van der Waals surface area contributed by atoms with Crippen LogP contribution in [0.2, 0.25) is 0 Å². The molecule has 0 bridgehead atoms. The van der Waals surface area contributed by atoms with E-state index in [9.17, 15) is 9.18 Å². The number of carbonyl (C=O) groups is 1. The Morgan fingerprint density at radius 3 is 2.86 bits per heavy atom. The van der Waals surface area contributed by atoms with Gasteiger partial charge in [-0.2, -0.15) is 0 Å². The van der Waals surface area contributed by atoms with Gasteiger partial charge >= 0.3 is 0 Å². The van der Waals surface area contributed by atoms with E-state index >= 15 is 0 Å². The molecule has 1 fully saturated rings. The molecule has 1 heterocycles. The Morgan fingerprint density at radius 2 is 2.10 bits per heavy atom. The van der Waals surface area contributed by atoms with Gasteiger partial charge in [0.1, 0.15) is 5.82 Å². The Bertz CT molecular complexity index is 635. The van der Waals surface area contributed by atoms with Crippen molar-refractivity contribution in [2.24, 2.45) is 5.92 Å². The molecule has 3 rings (SSSR count). The molecule has 0 atom stereocenters. The number of aromatic nitrogens is 1. The summed E-state index contributed by atoms with van der Waals surface area (Å²) in [5, 5.41) is 5.32. The van der Waals surface area contributed by atoms with Gasteiger partial charge in [-0.15, -0.1) is 11.3 Å². The lowest BCUT2D eigenvalue weighted by atomic mass is 9.89. The van der Waals surface area contributed by atoms with Crippen LogP contribution >= 0.6 is 11.3 Å². The Kier molecular flexibility index (Phi) is 4.29. The molecular formula is C16H17FN2OS. The van der Waals surface area contributed by atoms with E-state index in [0.717, 1.165) is 31.2 Å². The van der Waals surface area contributed by atoms with Gasteiger partial charge in [0.25, 0.3) is 0 Å². The van der Waals surface area contributed by atoms with Crippen molar-refractivity contribution < 1.29 is 9.18 Å². The smallest absolute Gasteiger partial charge is 0.229 e. The van der Waals surface area contributed by atoms with Crippen LogP contribution in [0.15, 0.2) is 29.6 Å². The molecule has 0 radical (unpaired) electrons. The lowest BCUT2D eigenvalue weighted by Gasteiger charge is -2.19. The van der Waals surface area contributed by atoms with Crippen LogP contribution in [0, 0.1) is 11.7 Å². The van der Waals surface area contributed by atoms with Crippen molar-refractivity contribution in [3.8, 4) is 11.3 Å². The van der Waals surface area contributed by atoms with Crippen molar-refractivity contribution in [1.29, 1.82) is 0 Å². The summed E-state index contributed by atoms with van der Waals surface area (Å²) < 4.78 is 13.2. The minimum atomic E-state index is -0.284. The van der Waals surface area contributed by atoms with Crippen LogP contribution in [0.5, 0.6) is 0 Å². The summed E-state index contributed by atoms with van der Waals surface area (Å²) in [7, 11) is 0.